The van der Waals surface area contributed by atoms with E-state index in [1.807, 2.05) is 22.7 Å². The Morgan fingerprint density at radius 2 is 0.870 bits per heavy atom. The van der Waals surface area contributed by atoms with Crippen molar-refractivity contribution in [3.05, 3.63) is 158 Å². The van der Waals surface area contributed by atoms with Crippen LogP contribution in [0.4, 0.5) is 0 Å². The van der Waals surface area contributed by atoms with Gasteiger partial charge in [-0.15, -0.1) is 22.7 Å². The lowest BCUT2D eigenvalue weighted by Gasteiger charge is -2.18. The molecule has 2 aromatic heterocycles. The van der Waals surface area contributed by atoms with Crippen LogP contribution in [0.15, 0.2) is 158 Å². The number of rotatable bonds is 3. The summed E-state index contributed by atoms with van der Waals surface area (Å²) in [6.07, 6.45) is 0. The minimum Gasteiger partial charge on any atom is -0.135 e. The summed E-state index contributed by atoms with van der Waals surface area (Å²) < 4.78 is 4.02. The van der Waals surface area contributed by atoms with Crippen molar-refractivity contribution < 1.29 is 0 Å². The highest BCUT2D eigenvalue weighted by molar-refractivity contribution is 7.26. The molecule has 46 heavy (non-hydrogen) atoms. The molecule has 0 atom stereocenters. The van der Waals surface area contributed by atoms with Crippen molar-refractivity contribution in [2.24, 2.45) is 0 Å². The second-order valence-electron chi connectivity index (χ2n) is 12.1. The van der Waals surface area contributed by atoms with E-state index in [0.717, 1.165) is 0 Å². The van der Waals surface area contributed by atoms with Crippen LogP contribution in [0.2, 0.25) is 0 Å². The summed E-state index contributed by atoms with van der Waals surface area (Å²) >= 11 is 3.79. The predicted molar refractivity (Wildman–Crippen MR) is 204 cm³/mol. The molecule has 0 unspecified atom stereocenters. The molecule has 2 heterocycles. The van der Waals surface area contributed by atoms with Gasteiger partial charge in [-0.2, -0.15) is 0 Å². The molecule has 10 rings (SSSR count). The van der Waals surface area contributed by atoms with Gasteiger partial charge in [0.15, 0.2) is 0 Å². The van der Waals surface area contributed by atoms with Crippen molar-refractivity contribution in [3.8, 4) is 32.7 Å². The first-order valence-corrected chi connectivity index (χ1v) is 17.3. The number of hydrogen-bond donors (Lipinski definition) is 0. The van der Waals surface area contributed by atoms with Crippen LogP contribution in [0, 0.1) is 0 Å². The van der Waals surface area contributed by atoms with E-state index >= 15 is 0 Å². The lowest BCUT2D eigenvalue weighted by Crippen LogP contribution is -1.90. The van der Waals surface area contributed by atoms with Crippen molar-refractivity contribution >= 4 is 85.2 Å². The van der Waals surface area contributed by atoms with Crippen LogP contribution in [-0.4, -0.2) is 0 Å². The van der Waals surface area contributed by atoms with Crippen molar-refractivity contribution in [1.82, 2.24) is 0 Å². The maximum atomic E-state index is 2.42. The van der Waals surface area contributed by atoms with Gasteiger partial charge in [0.25, 0.3) is 0 Å². The average molecular weight is 619 g/mol. The fourth-order valence-corrected chi connectivity index (χ4v) is 9.57. The summed E-state index contributed by atoms with van der Waals surface area (Å²) in [6.45, 7) is 0. The first-order valence-electron chi connectivity index (χ1n) is 15.7. The highest BCUT2D eigenvalue weighted by atomic mass is 32.1. The van der Waals surface area contributed by atoms with Gasteiger partial charge in [-0.1, -0.05) is 127 Å². The molecular formula is C44H26S2. The Bertz CT molecular complexity index is 2740. The molecule has 8 aromatic carbocycles. The molecule has 0 saturated heterocycles. The average Bonchev–Trinajstić information content (AvgIpc) is 3.69. The molecule has 0 saturated carbocycles. The summed E-state index contributed by atoms with van der Waals surface area (Å²) in [5.74, 6) is 0. The zero-order valence-corrected chi connectivity index (χ0v) is 26.5. The maximum Gasteiger partial charge on any atom is 0.0362 e. The third-order valence-electron chi connectivity index (χ3n) is 9.43. The second kappa shape index (κ2) is 10.1. The number of hydrogen-bond acceptors (Lipinski definition) is 2. The highest BCUT2D eigenvalue weighted by Crippen LogP contribution is 2.46. The third kappa shape index (κ3) is 3.98. The Hall–Kier alpha value is -5.28. The van der Waals surface area contributed by atoms with Crippen LogP contribution in [0.5, 0.6) is 0 Å². The van der Waals surface area contributed by atoms with Gasteiger partial charge in [-0.05, 0) is 95.9 Å². The SMILES string of the molecule is c1ccc(-c2cc3cc4sc5cc(-c6c7ccccc7c(-c7ccc8ccccc8c7)c7ccccc67)ccc5c4cc3s2)cc1. The van der Waals surface area contributed by atoms with Gasteiger partial charge in [-0.25, -0.2) is 0 Å². The summed E-state index contributed by atoms with van der Waals surface area (Å²) in [5.41, 5.74) is 6.42. The van der Waals surface area contributed by atoms with Gasteiger partial charge in [-0.3, -0.25) is 0 Å². The third-order valence-corrected chi connectivity index (χ3v) is 11.7. The first kappa shape index (κ1) is 26.0. The van der Waals surface area contributed by atoms with E-state index in [9.17, 15) is 0 Å². The molecule has 0 radical (unpaired) electrons. The Balaban J connectivity index is 1.18. The quantitative estimate of drug-likeness (QED) is 0.173. The lowest BCUT2D eigenvalue weighted by molar-refractivity contribution is 1.69. The molecule has 0 fully saturated rings. The minimum atomic E-state index is 1.26. The van der Waals surface area contributed by atoms with Crippen molar-refractivity contribution in [2.75, 3.05) is 0 Å². The predicted octanol–water partition coefficient (Wildman–Crippen LogP) is 13.7. The topological polar surface area (TPSA) is 0 Å². The smallest absolute Gasteiger partial charge is 0.0362 e. The molecule has 214 valence electrons. The molecule has 0 aliphatic heterocycles. The molecule has 0 aliphatic rings. The van der Waals surface area contributed by atoms with E-state index in [0.29, 0.717) is 0 Å². The standard InChI is InChI=1S/C44H26S2/c1-2-11-28(12-3-1)39-24-32-25-42-38(26-40(32)45-39)33-21-20-31(23-41(33)46-42)44-36-16-8-6-14-34(36)43(35-15-7-9-17-37(35)44)30-19-18-27-10-4-5-13-29(27)22-30/h1-26H. The number of benzene rings is 8. The Kier molecular flexibility index (Phi) is 5.72. The number of fused-ring (bicyclic) bond motifs is 7. The van der Waals surface area contributed by atoms with E-state index in [2.05, 4.69) is 158 Å². The normalized spacial score (nSPS) is 11.9. The summed E-state index contributed by atoms with van der Waals surface area (Å²) in [7, 11) is 0. The largest absolute Gasteiger partial charge is 0.135 e. The second-order valence-corrected chi connectivity index (χ2v) is 14.2. The van der Waals surface area contributed by atoms with Crippen LogP contribution >= 0.6 is 22.7 Å². The van der Waals surface area contributed by atoms with Gasteiger partial charge in [0, 0.05) is 29.7 Å². The van der Waals surface area contributed by atoms with Gasteiger partial charge < -0.3 is 0 Å². The van der Waals surface area contributed by atoms with Gasteiger partial charge in [0.1, 0.15) is 0 Å². The molecular weight excluding hydrogens is 593 g/mol. The van der Waals surface area contributed by atoms with E-state index < -0.39 is 0 Å². The minimum absolute atomic E-state index is 1.26. The van der Waals surface area contributed by atoms with Gasteiger partial charge >= 0.3 is 0 Å². The number of thiophene rings is 2. The van der Waals surface area contributed by atoms with E-state index in [4.69, 9.17) is 0 Å². The van der Waals surface area contributed by atoms with Crippen LogP contribution in [0.25, 0.3) is 95.3 Å². The molecule has 0 nitrogen and oxygen atoms in total. The molecule has 0 N–H and O–H groups in total. The molecule has 2 heteroatoms. The molecule has 10 aromatic rings. The highest BCUT2D eigenvalue weighted by Gasteiger charge is 2.18. The first-order chi connectivity index (χ1) is 22.8. The summed E-state index contributed by atoms with van der Waals surface area (Å²) in [6, 6.07) is 58.4. The fraction of sp³-hybridized carbons (Fsp3) is 0. The molecule has 0 amide bonds. The summed E-state index contributed by atoms with van der Waals surface area (Å²) in [4.78, 5) is 1.32. The van der Waals surface area contributed by atoms with Gasteiger partial charge in [0.2, 0.25) is 0 Å². The molecule has 0 bridgehead atoms. The van der Waals surface area contributed by atoms with Crippen LogP contribution < -0.4 is 0 Å². The fourth-order valence-electron chi connectivity index (χ4n) is 7.30. The monoisotopic (exact) mass is 618 g/mol. The Morgan fingerprint density at radius 1 is 0.283 bits per heavy atom. The maximum absolute atomic E-state index is 2.42. The van der Waals surface area contributed by atoms with Crippen LogP contribution in [-0.2, 0) is 0 Å². The van der Waals surface area contributed by atoms with Crippen molar-refractivity contribution in [1.29, 1.82) is 0 Å². The molecule has 0 aliphatic carbocycles. The molecule has 0 spiro atoms. The zero-order valence-electron chi connectivity index (χ0n) is 24.8. The Labute approximate surface area is 274 Å². The van der Waals surface area contributed by atoms with E-state index in [1.165, 1.54) is 95.3 Å². The van der Waals surface area contributed by atoms with E-state index in [-0.39, 0.29) is 0 Å². The van der Waals surface area contributed by atoms with E-state index in [1.54, 1.807) is 0 Å². The van der Waals surface area contributed by atoms with Gasteiger partial charge in [0.05, 0.1) is 0 Å². The van der Waals surface area contributed by atoms with Crippen LogP contribution in [0.1, 0.15) is 0 Å². The van der Waals surface area contributed by atoms with Crippen molar-refractivity contribution in [3.63, 3.8) is 0 Å². The lowest BCUT2D eigenvalue weighted by atomic mass is 9.85. The van der Waals surface area contributed by atoms with Crippen molar-refractivity contribution in [2.45, 2.75) is 0 Å². The van der Waals surface area contributed by atoms with Crippen LogP contribution in [0.3, 0.4) is 0 Å². The Morgan fingerprint density at radius 3 is 1.59 bits per heavy atom. The summed E-state index contributed by atoms with van der Waals surface area (Å²) in [5, 5.41) is 11.7. The zero-order chi connectivity index (χ0) is 30.2.